The second-order valence-corrected chi connectivity index (χ2v) is 6.93. The maximum Gasteiger partial charge on any atom is 0.0715 e. The first-order chi connectivity index (χ1) is 11.5. The van der Waals surface area contributed by atoms with E-state index in [0.717, 1.165) is 12.0 Å². The quantitative estimate of drug-likeness (QED) is 0.862. The Morgan fingerprint density at radius 1 is 1.17 bits per heavy atom. The predicted octanol–water partition coefficient (Wildman–Crippen LogP) is 3.49. The van der Waals surface area contributed by atoms with Crippen LogP contribution in [0.3, 0.4) is 0 Å². The molecule has 0 saturated carbocycles. The van der Waals surface area contributed by atoms with Crippen molar-refractivity contribution in [3.63, 3.8) is 0 Å². The molecule has 0 bridgehead atoms. The molecule has 0 fully saturated rings. The highest BCUT2D eigenvalue weighted by molar-refractivity contribution is 5.85. The number of hydrogen-bond donors (Lipinski definition) is 1. The number of allylic oxidation sites excluding steroid dienone is 2. The Bertz CT molecular complexity index is 836. The molecular weight excluding hydrogens is 298 g/mol. The molecule has 0 aromatic heterocycles. The summed E-state index contributed by atoms with van der Waals surface area (Å²) in [5.74, 6) is -0.240. The summed E-state index contributed by atoms with van der Waals surface area (Å²) in [7, 11) is 0. The summed E-state index contributed by atoms with van der Waals surface area (Å²) in [6.45, 7) is 4.31. The molecular formula is C21H20NO2-. The van der Waals surface area contributed by atoms with Crippen LogP contribution in [0.4, 0.5) is 5.69 Å². The van der Waals surface area contributed by atoms with E-state index in [1.165, 1.54) is 22.4 Å². The van der Waals surface area contributed by atoms with Crippen molar-refractivity contribution in [3.8, 4) is 0 Å². The Morgan fingerprint density at radius 2 is 1.92 bits per heavy atom. The molecule has 0 amide bonds. The average Bonchev–Trinajstić information content (AvgIpc) is 3.02. The van der Waals surface area contributed by atoms with Crippen molar-refractivity contribution in [2.75, 3.05) is 5.32 Å². The van der Waals surface area contributed by atoms with E-state index in [4.69, 9.17) is 0 Å². The second kappa shape index (κ2) is 5.52. The smallest absolute Gasteiger partial charge is 0.0715 e. The molecule has 4 rings (SSSR count). The third kappa shape index (κ3) is 2.32. The highest BCUT2D eigenvalue weighted by Crippen LogP contribution is 2.50. The van der Waals surface area contributed by atoms with Crippen molar-refractivity contribution in [3.05, 3.63) is 76.4 Å². The van der Waals surface area contributed by atoms with Gasteiger partial charge in [0.2, 0.25) is 0 Å². The summed E-state index contributed by atoms with van der Waals surface area (Å²) in [6.07, 6.45) is 5.64. The Labute approximate surface area is 142 Å². The molecule has 3 atom stereocenters. The zero-order chi connectivity index (χ0) is 16.8. The molecule has 0 radical (unpaired) electrons. The van der Waals surface area contributed by atoms with E-state index in [2.05, 4.69) is 43.4 Å². The predicted molar refractivity (Wildman–Crippen MR) is 93.0 cm³/mol. The number of carbonyl (C=O) groups is 1. The van der Waals surface area contributed by atoms with Crippen LogP contribution in [0.2, 0.25) is 0 Å². The standard InChI is InChI=1S/C21H21NO2/c1-12-10-13(2)19-16-4-3-5-17(16)20(22-18(19)11-12)14-6-8-15(9-7-14)21(23)24/h3-4,6-11,16-17,20,22H,5H2,1-2H3,(H,23,24)/p-1/t16-,17-,20-/m1/s1. The van der Waals surface area contributed by atoms with Gasteiger partial charge in [0, 0.05) is 11.6 Å². The van der Waals surface area contributed by atoms with Gasteiger partial charge >= 0.3 is 0 Å². The highest BCUT2D eigenvalue weighted by Gasteiger charge is 2.38. The summed E-state index contributed by atoms with van der Waals surface area (Å²) in [5.41, 5.74) is 6.55. The topological polar surface area (TPSA) is 52.2 Å². The summed E-state index contributed by atoms with van der Waals surface area (Å²) in [6, 6.07) is 11.7. The van der Waals surface area contributed by atoms with Gasteiger partial charge in [-0.15, -0.1) is 0 Å². The number of carbonyl (C=O) groups excluding carboxylic acids is 1. The Balaban J connectivity index is 1.76. The first-order valence-corrected chi connectivity index (χ1v) is 8.40. The van der Waals surface area contributed by atoms with E-state index < -0.39 is 5.97 Å². The zero-order valence-electron chi connectivity index (χ0n) is 13.9. The van der Waals surface area contributed by atoms with Gasteiger partial charge in [0.1, 0.15) is 0 Å². The van der Waals surface area contributed by atoms with Crippen LogP contribution in [0.15, 0.2) is 48.6 Å². The van der Waals surface area contributed by atoms with Crippen LogP contribution < -0.4 is 10.4 Å². The van der Waals surface area contributed by atoms with Crippen LogP contribution in [-0.2, 0) is 0 Å². The number of rotatable bonds is 2. The third-order valence-corrected chi connectivity index (χ3v) is 5.32. The summed E-state index contributed by atoms with van der Waals surface area (Å²) in [4.78, 5) is 11.0. The number of carboxylic acid groups (broad SMARTS) is 1. The lowest BCUT2D eigenvalue weighted by atomic mass is 9.75. The van der Waals surface area contributed by atoms with Crippen LogP contribution in [0.25, 0.3) is 0 Å². The average molecular weight is 318 g/mol. The molecule has 122 valence electrons. The van der Waals surface area contributed by atoms with Gasteiger partial charge in [-0.1, -0.05) is 42.5 Å². The fourth-order valence-electron chi connectivity index (χ4n) is 4.30. The van der Waals surface area contributed by atoms with E-state index in [1.54, 1.807) is 12.1 Å². The van der Waals surface area contributed by atoms with Crippen LogP contribution in [0, 0.1) is 19.8 Å². The largest absolute Gasteiger partial charge is 0.545 e. The molecule has 1 heterocycles. The maximum atomic E-state index is 11.0. The fraction of sp³-hybridized carbons (Fsp3) is 0.286. The van der Waals surface area contributed by atoms with E-state index in [0.29, 0.717) is 11.8 Å². The van der Waals surface area contributed by atoms with Gasteiger partial charge < -0.3 is 15.2 Å². The van der Waals surface area contributed by atoms with Gasteiger partial charge in [-0.2, -0.15) is 0 Å². The van der Waals surface area contributed by atoms with Crippen LogP contribution in [0.1, 0.15) is 51.0 Å². The Morgan fingerprint density at radius 3 is 2.62 bits per heavy atom. The van der Waals surface area contributed by atoms with E-state index in [9.17, 15) is 9.90 Å². The molecule has 1 N–H and O–H groups in total. The second-order valence-electron chi connectivity index (χ2n) is 6.93. The van der Waals surface area contributed by atoms with E-state index in [1.807, 2.05) is 12.1 Å². The lowest BCUT2D eigenvalue weighted by Crippen LogP contribution is -2.30. The third-order valence-electron chi connectivity index (χ3n) is 5.32. The van der Waals surface area contributed by atoms with Crippen molar-refractivity contribution >= 4 is 11.7 Å². The molecule has 3 heteroatoms. The number of aromatic carboxylic acids is 1. The minimum absolute atomic E-state index is 0.189. The van der Waals surface area contributed by atoms with Crippen molar-refractivity contribution in [1.82, 2.24) is 0 Å². The SMILES string of the molecule is Cc1cc(C)c2c(c1)N[C@H](c1ccc(C(=O)[O-])cc1)[C@@H]1CC=C[C@@H]21. The van der Waals surface area contributed by atoms with Crippen molar-refractivity contribution in [1.29, 1.82) is 0 Å². The maximum absolute atomic E-state index is 11.0. The van der Waals surface area contributed by atoms with Crippen molar-refractivity contribution in [2.45, 2.75) is 32.2 Å². The number of benzene rings is 2. The molecule has 3 nitrogen and oxygen atoms in total. The minimum atomic E-state index is -1.13. The van der Waals surface area contributed by atoms with E-state index in [-0.39, 0.29) is 11.6 Å². The zero-order valence-corrected chi connectivity index (χ0v) is 13.9. The van der Waals surface area contributed by atoms with Gasteiger partial charge in [-0.25, -0.2) is 0 Å². The van der Waals surface area contributed by atoms with Gasteiger partial charge in [0.25, 0.3) is 0 Å². The number of hydrogen-bond acceptors (Lipinski definition) is 3. The number of carboxylic acids is 1. The lowest BCUT2D eigenvalue weighted by Gasteiger charge is -2.38. The molecule has 0 saturated heterocycles. The summed E-state index contributed by atoms with van der Waals surface area (Å²) >= 11 is 0. The number of anilines is 1. The number of fused-ring (bicyclic) bond motifs is 3. The Hall–Kier alpha value is -2.55. The number of nitrogens with one attached hydrogen (secondary N) is 1. The van der Waals surface area contributed by atoms with Gasteiger partial charge in [-0.05, 0) is 60.1 Å². The first-order valence-electron chi connectivity index (χ1n) is 8.40. The highest BCUT2D eigenvalue weighted by atomic mass is 16.4. The molecule has 1 aliphatic heterocycles. The molecule has 24 heavy (non-hydrogen) atoms. The molecule has 2 aromatic carbocycles. The fourth-order valence-corrected chi connectivity index (χ4v) is 4.30. The number of aryl methyl sites for hydroxylation is 2. The summed E-state index contributed by atoms with van der Waals surface area (Å²) < 4.78 is 0. The van der Waals surface area contributed by atoms with Crippen molar-refractivity contribution < 1.29 is 9.90 Å². The molecule has 2 aliphatic rings. The Kier molecular flexibility index (Phi) is 3.45. The summed E-state index contributed by atoms with van der Waals surface area (Å²) in [5, 5.41) is 14.7. The van der Waals surface area contributed by atoms with Crippen molar-refractivity contribution in [2.24, 2.45) is 5.92 Å². The van der Waals surface area contributed by atoms with E-state index >= 15 is 0 Å². The molecule has 1 aliphatic carbocycles. The first kappa shape index (κ1) is 15.0. The van der Waals surface area contributed by atoms with Gasteiger partial charge in [0.15, 0.2) is 0 Å². The molecule has 0 unspecified atom stereocenters. The molecule has 2 aromatic rings. The molecule has 0 spiro atoms. The van der Waals surface area contributed by atoms with Crippen LogP contribution >= 0.6 is 0 Å². The minimum Gasteiger partial charge on any atom is -0.545 e. The van der Waals surface area contributed by atoms with Crippen LogP contribution in [0.5, 0.6) is 0 Å². The lowest BCUT2D eigenvalue weighted by molar-refractivity contribution is -0.255. The van der Waals surface area contributed by atoms with Gasteiger partial charge in [-0.3, -0.25) is 0 Å². The monoisotopic (exact) mass is 318 g/mol. The normalized spacial score (nSPS) is 24.2. The van der Waals surface area contributed by atoms with Gasteiger partial charge in [0.05, 0.1) is 12.0 Å². The van der Waals surface area contributed by atoms with Crippen LogP contribution in [-0.4, -0.2) is 5.97 Å².